The molecule has 2 N–H and O–H groups in total. The van der Waals surface area contributed by atoms with Gasteiger partial charge in [0.1, 0.15) is 0 Å². The molecule has 2 heterocycles. The van der Waals surface area contributed by atoms with Crippen LogP contribution in [0.2, 0.25) is 0 Å². The van der Waals surface area contributed by atoms with Crippen LogP contribution in [-0.2, 0) is 24.4 Å². The monoisotopic (exact) mass is 385 g/mol. The fraction of sp³-hybridized carbons (Fsp3) is 0.524. The van der Waals surface area contributed by atoms with E-state index in [9.17, 15) is 4.79 Å². The zero-order chi connectivity index (χ0) is 19.8. The van der Waals surface area contributed by atoms with Crippen LogP contribution in [0.5, 0.6) is 0 Å². The first kappa shape index (κ1) is 20.4. The Balaban J connectivity index is 1.42. The number of hydrogen-bond donors (Lipinski definition) is 2. The molecule has 3 rings (SSSR count). The first-order chi connectivity index (χ1) is 13.7. The van der Waals surface area contributed by atoms with E-state index in [0.29, 0.717) is 12.2 Å². The Morgan fingerprint density at radius 1 is 1.25 bits per heavy atom. The molecule has 1 aromatic carbocycles. The second kappa shape index (κ2) is 10.2. The maximum Gasteiger partial charge on any atom is 0.319 e. The first-order valence-corrected chi connectivity index (χ1v) is 10.1. The highest BCUT2D eigenvalue weighted by atomic mass is 16.5. The number of carbonyl (C=O) groups is 1. The molecule has 0 aliphatic carbocycles. The smallest absolute Gasteiger partial charge is 0.319 e. The van der Waals surface area contributed by atoms with Gasteiger partial charge in [-0.15, -0.1) is 0 Å². The average Bonchev–Trinajstić information content (AvgIpc) is 3.38. The van der Waals surface area contributed by atoms with Crippen LogP contribution in [0, 0.1) is 0 Å². The van der Waals surface area contributed by atoms with Crippen molar-refractivity contribution < 1.29 is 9.53 Å². The SMILES string of the molecule is CCN(CC)Cc1ccc(CNC(=O)Nc2cnn(CC3CCCO3)c2)cc1. The molecule has 152 valence electrons. The van der Waals surface area contributed by atoms with Crippen LogP contribution in [-0.4, -0.2) is 46.5 Å². The summed E-state index contributed by atoms with van der Waals surface area (Å²) in [5, 5.41) is 10.0. The molecular formula is C21H31N5O2. The normalized spacial score (nSPS) is 16.5. The van der Waals surface area contributed by atoms with Gasteiger partial charge in [-0.05, 0) is 37.1 Å². The minimum atomic E-state index is -0.233. The van der Waals surface area contributed by atoms with Crippen LogP contribution in [0.3, 0.4) is 0 Å². The van der Waals surface area contributed by atoms with E-state index in [1.165, 1.54) is 5.56 Å². The third-order valence-electron chi connectivity index (χ3n) is 5.08. The van der Waals surface area contributed by atoms with Crippen LogP contribution in [0.4, 0.5) is 10.5 Å². The second-order valence-corrected chi connectivity index (χ2v) is 7.17. The lowest BCUT2D eigenvalue weighted by atomic mass is 10.1. The predicted molar refractivity (Wildman–Crippen MR) is 110 cm³/mol. The van der Waals surface area contributed by atoms with Crippen molar-refractivity contribution in [1.82, 2.24) is 20.0 Å². The highest BCUT2D eigenvalue weighted by Crippen LogP contribution is 2.15. The van der Waals surface area contributed by atoms with Crippen molar-refractivity contribution in [2.75, 3.05) is 25.0 Å². The first-order valence-electron chi connectivity index (χ1n) is 10.1. The van der Waals surface area contributed by atoms with Crippen molar-refractivity contribution in [3.8, 4) is 0 Å². The van der Waals surface area contributed by atoms with Crippen molar-refractivity contribution in [2.45, 2.75) is 52.4 Å². The molecule has 1 fully saturated rings. The summed E-state index contributed by atoms with van der Waals surface area (Å²) in [5.74, 6) is 0. The third kappa shape index (κ3) is 6.07. The minimum Gasteiger partial charge on any atom is -0.376 e. The zero-order valence-corrected chi connectivity index (χ0v) is 16.9. The lowest BCUT2D eigenvalue weighted by Gasteiger charge is -2.18. The van der Waals surface area contributed by atoms with E-state index < -0.39 is 0 Å². The van der Waals surface area contributed by atoms with Gasteiger partial charge >= 0.3 is 6.03 Å². The van der Waals surface area contributed by atoms with E-state index in [1.54, 1.807) is 6.20 Å². The lowest BCUT2D eigenvalue weighted by molar-refractivity contribution is 0.0940. The lowest BCUT2D eigenvalue weighted by Crippen LogP contribution is -2.28. The second-order valence-electron chi connectivity index (χ2n) is 7.17. The van der Waals surface area contributed by atoms with Gasteiger partial charge in [0, 0.05) is 25.9 Å². The summed E-state index contributed by atoms with van der Waals surface area (Å²) >= 11 is 0. The van der Waals surface area contributed by atoms with Crippen molar-refractivity contribution >= 4 is 11.7 Å². The summed E-state index contributed by atoms with van der Waals surface area (Å²) in [7, 11) is 0. The highest BCUT2D eigenvalue weighted by Gasteiger charge is 2.16. The summed E-state index contributed by atoms with van der Waals surface area (Å²) in [6.45, 7) is 9.44. The number of rotatable bonds is 9. The number of amides is 2. The molecule has 0 saturated carbocycles. The van der Waals surface area contributed by atoms with Gasteiger partial charge in [-0.3, -0.25) is 9.58 Å². The molecule has 1 aromatic heterocycles. The van der Waals surface area contributed by atoms with Crippen LogP contribution < -0.4 is 10.6 Å². The fourth-order valence-electron chi connectivity index (χ4n) is 3.35. The molecule has 7 nitrogen and oxygen atoms in total. The number of nitrogens with one attached hydrogen (secondary N) is 2. The van der Waals surface area contributed by atoms with Crippen molar-refractivity contribution in [3.05, 3.63) is 47.8 Å². The van der Waals surface area contributed by atoms with E-state index in [1.807, 2.05) is 10.9 Å². The van der Waals surface area contributed by atoms with Gasteiger partial charge in [0.2, 0.25) is 0 Å². The van der Waals surface area contributed by atoms with Crippen LogP contribution in [0.15, 0.2) is 36.7 Å². The van der Waals surface area contributed by atoms with Gasteiger partial charge in [0.05, 0.1) is 24.5 Å². The number of nitrogens with zero attached hydrogens (tertiary/aromatic N) is 3. The van der Waals surface area contributed by atoms with Crippen molar-refractivity contribution in [1.29, 1.82) is 0 Å². The molecular weight excluding hydrogens is 354 g/mol. The van der Waals surface area contributed by atoms with E-state index in [2.05, 4.69) is 58.7 Å². The summed E-state index contributed by atoms with van der Waals surface area (Å²) in [6.07, 6.45) is 5.90. The maximum absolute atomic E-state index is 12.1. The molecule has 28 heavy (non-hydrogen) atoms. The average molecular weight is 386 g/mol. The topological polar surface area (TPSA) is 71.4 Å². The van der Waals surface area contributed by atoms with Crippen molar-refractivity contribution in [3.63, 3.8) is 0 Å². The Kier molecular flexibility index (Phi) is 7.45. The van der Waals surface area contributed by atoms with Gasteiger partial charge < -0.3 is 15.4 Å². The molecule has 1 unspecified atom stereocenters. The molecule has 2 amide bonds. The van der Waals surface area contributed by atoms with E-state index in [0.717, 1.165) is 51.2 Å². The van der Waals surface area contributed by atoms with E-state index in [4.69, 9.17) is 4.74 Å². The maximum atomic E-state index is 12.1. The number of aromatic nitrogens is 2. The molecule has 2 aromatic rings. The Labute approximate surface area is 167 Å². The zero-order valence-electron chi connectivity index (χ0n) is 16.9. The molecule has 0 spiro atoms. The Bertz CT molecular complexity index is 734. The van der Waals surface area contributed by atoms with Gasteiger partial charge in [0.15, 0.2) is 0 Å². The van der Waals surface area contributed by atoms with Crippen LogP contribution in [0.1, 0.15) is 37.8 Å². The Morgan fingerprint density at radius 2 is 2.00 bits per heavy atom. The Morgan fingerprint density at radius 3 is 2.68 bits per heavy atom. The summed E-state index contributed by atoms with van der Waals surface area (Å²) in [5.41, 5.74) is 3.05. The van der Waals surface area contributed by atoms with E-state index in [-0.39, 0.29) is 12.1 Å². The van der Waals surface area contributed by atoms with Gasteiger partial charge in [-0.1, -0.05) is 38.1 Å². The number of ether oxygens (including phenoxy) is 1. The minimum absolute atomic E-state index is 0.228. The quantitative estimate of drug-likeness (QED) is 0.695. The third-order valence-corrected chi connectivity index (χ3v) is 5.08. The highest BCUT2D eigenvalue weighted by molar-refractivity contribution is 5.88. The molecule has 1 aliphatic rings. The number of carbonyl (C=O) groups excluding carboxylic acids is 1. The van der Waals surface area contributed by atoms with E-state index >= 15 is 0 Å². The summed E-state index contributed by atoms with van der Waals surface area (Å²) in [4.78, 5) is 14.5. The number of anilines is 1. The number of benzene rings is 1. The van der Waals surface area contributed by atoms with Crippen molar-refractivity contribution in [2.24, 2.45) is 0 Å². The molecule has 7 heteroatoms. The largest absolute Gasteiger partial charge is 0.376 e. The standard InChI is InChI=1S/C21H31N5O2/c1-3-25(4-2)14-18-9-7-17(8-10-18)12-22-21(27)24-19-13-23-26(15-19)16-20-6-5-11-28-20/h7-10,13,15,20H,3-6,11-12,14,16H2,1-2H3,(H2,22,24,27). The molecule has 1 saturated heterocycles. The molecule has 0 radical (unpaired) electrons. The number of urea groups is 1. The fourth-order valence-corrected chi connectivity index (χ4v) is 3.35. The summed E-state index contributed by atoms with van der Waals surface area (Å²) < 4.78 is 7.43. The summed E-state index contributed by atoms with van der Waals surface area (Å²) in [6, 6.07) is 8.16. The van der Waals surface area contributed by atoms with Gasteiger partial charge in [-0.25, -0.2) is 4.79 Å². The molecule has 1 atom stereocenters. The van der Waals surface area contributed by atoms with Gasteiger partial charge in [-0.2, -0.15) is 5.10 Å². The van der Waals surface area contributed by atoms with Crippen LogP contribution in [0.25, 0.3) is 0 Å². The Hall–Kier alpha value is -2.38. The number of hydrogen-bond acceptors (Lipinski definition) is 4. The predicted octanol–water partition coefficient (Wildman–Crippen LogP) is 3.23. The van der Waals surface area contributed by atoms with Crippen LogP contribution >= 0.6 is 0 Å². The molecule has 1 aliphatic heterocycles. The molecule has 0 bridgehead atoms. The van der Waals surface area contributed by atoms with Gasteiger partial charge in [0.25, 0.3) is 0 Å².